The van der Waals surface area contributed by atoms with E-state index in [4.69, 9.17) is 18.4 Å². The fourth-order valence-corrected chi connectivity index (χ4v) is 2.24. The summed E-state index contributed by atoms with van der Waals surface area (Å²) in [6, 6.07) is 20.9. The van der Waals surface area contributed by atoms with Crippen LogP contribution in [0, 0.1) is 13.8 Å². The number of hydrogen-bond acceptors (Lipinski definition) is 8. The summed E-state index contributed by atoms with van der Waals surface area (Å²) in [6.07, 6.45) is 0. The summed E-state index contributed by atoms with van der Waals surface area (Å²) in [6.45, 7) is 3.93. The number of hydrogen-bond donors (Lipinski definition) is 1. The molecule has 0 amide bonds. The second-order valence-electron chi connectivity index (χ2n) is 5.95. The van der Waals surface area contributed by atoms with Crippen LogP contribution < -0.4 is 5.73 Å². The maximum absolute atomic E-state index is 8.44. The molecule has 3 aromatic rings. The van der Waals surface area contributed by atoms with Crippen LogP contribution in [0.5, 0.6) is 0 Å². The Morgan fingerprint density at radius 1 is 0.655 bits per heavy atom. The number of azo groups is 2. The van der Waals surface area contributed by atoms with Crippen molar-refractivity contribution in [3.05, 3.63) is 77.9 Å². The molecule has 0 fully saturated rings. The van der Waals surface area contributed by atoms with Gasteiger partial charge in [-0.25, -0.2) is 0 Å². The fraction of sp³-hybridized carbons (Fsp3) is 0.100. The number of anilines is 1. The van der Waals surface area contributed by atoms with Crippen molar-refractivity contribution in [1.82, 2.24) is 0 Å². The zero-order chi connectivity index (χ0) is 21.2. The first-order valence-corrected chi connectivity index (χ1v) is 9.47. The predicted octanol–water partition coefficient (Wildman–Crippen LogP) is 5.71. The molecule has 0 atom stereocenters. The lowest BCUT2D eigenvalue weighted by Gasteiger charge is -2.04. The van der Waals surface area contributed by atoms with Gasteiger partial charge in [0.25, 0.3) is 0 Å². The molecule has 3 rings (SSSR count). The standard InChI is InChI=1S/C20H19N5.O3S/c1-14-13-20(15(2)12-19(14)21)25-24-18-10-8-17(9-11-18)23-22-16-6-4-3-5-7-16;1-4(2)3/h3-13H,21H2,1-2H3;. The van der Waals surface area contributed by atoms with E-state index in [2.05, 4.69) is 20.5 Å². The van der Waals surface area contributed by atoms with E-state index in [0.29, 0.717) is 0 Å². The average molecular weight is 409 g/mol. The van der Waals surface area contributed by atoms with Gasteiger partial charge in [-0.05, 0) is 73.5 Å². The fourth-order valence-electron chi connectivity index (χ4n) is 2.24. The van der Waals surface area contributed by atoms with Gasteiger partial charge in [0.1, 0.15) is 0 Å². The maximum Gasteiger partial charge on any atom is 0.425 e. The number of benzene rings is 3. The maximum atomic E-state index is 8.44. The van der Waals surface area contributed by atoms with E-state index in [-0.39, 0.29) is 0 Å². The Labute approximate surface area is 169 Å². The highest BCUT2D eigenvalue weighted by Gasteiger charge is 2.01. The first-order valence-electron chi connectivity index (χ1n) is 8.47. The van der Waals surface area contributed by atoms with Crippen LogP contribution in [0.25, 0.3) is 0 Å². The topological polar surface area (TPSA) is 127 Å². The van der Waals surface area contributed by atoms with Crippen LogP contribution in [-0.2, 0) is 10.6 Å². The van der Waals surface area contributed by atoms with Gasteiger partial charge in [0.15, 0.2) is 0 Å². The van der Waals surface area contributed by atoms with Crippen molar-refractivity contribution < 1.29 is 12.6 Å². The van der Waals surface area contributed by atoms with E-state index in [1.54, 1.807) is 0 Å². The van der Waals surface area contributed by atoms with Crippen LogP contribution in [0.2, 0.25) is 0 Å². The summed E-state index contributed by atoms with van der Waals surface area (Å²) in [5, 5.41) is 17.0. The van der Waals surface area contributed by atoms with Crippen LogP contribution in [0.1, 0.15) is 11.1 Å². The molecule has 0 unspecified atom stereocenters. The molecule has 0 heterocycles. The molecular formula is C20H19N5O3S. The zero-order valence-corrected chi connectivity index (χ0v) is 16.7. The van der Waals surface area contributed by atoms with Crippen LogP contribution in [0.3, 0.4) is 0 Å². The summed E-state index contributed by atoms with van der Waals surface area (Å²) >= 11 is 0. The van der Waals surface area contributed by atoms with E-state index in [1.165, 1.54) is 0 Å². The Balaban J connectivity index is 0.000000687. The minimum atomic E-state index is -3.11. The molecule has 0 bridgehead atoms. The van der Waals surface area contributed by atoms with Gasteiger partial charge in [0, 0.05) is 5.69 Å². The third kappa shape index (κ3) is 7.43. The Morgan fingerprint density at radius 2 is 1.10 bits per heavy atom. The van der Waals surface area contributed by atoms with Crippen molar-refractivity contribution >= 4 is 39.0 Å². The van der Waals surface area contributed by atoms with Crippen molar-refractivity contribution in [2.24, 2.45) is 20.5 Å². The number of aryl methyl sites for hydroxylation is 2. The van der Waals surface area contributed by atoms with Crippen molar-refractivity contribution in [3.63, 3.8) is 0 Å². The largest absolute Gasteiger partial charge is 0.425 e. The lowest BCUT2D eigenvalue weighted by molar-refractivity contribution is 0.559. The normalized spacial score (nSPS) is 10.7. The second-order valence-corrected chi connectivity index (χ2v) is 6.36. The van der Waals surface area contributed by atoms with Crippen LogP contribution >= 0.6 is 0 Å². The molecular weight excluding hydrogens is 390 g/mol. The van der Waals surface area contributed by atoms with Crippen molar-refractivity contribution in [2.45, 2.75) is 13.8 Å². The summed E-state index contributed by atoms with van der Waals surface area (Å²) in [4.78, 5) is 0. The van der Waals surface area contributed by atoms with Gasteiger partial charge in [0.2, 0.25) is 0 Å². The number of rotatable bonds is 4. The Kier molecular flexibility index (Phi) is 7.87. The molecule has 29 heavy (non-hydrogen) atoms. The summed E-state index contributed by atoms with van der Waals surface area (Å²) in [5.74, 6) is 0. The van der Waals surface area contributed by atoms with E-state index in [1.807, 2.05) is 80.6 Å². The summed E-state index contributed by atoms with van der Waals surface area (Å²) in [7, 11) is -3.11. The first kappa shape index (κ1) is 21.6. The van der Waals surface area contributed by atoms with Gasteiger partial charge >= 0.3 is 10.6 Å². The third-order valence-electron chi connectivity index (χ3n) is 3.74. The summed E-state index contributed by atoms with van der Waals surface area (Å²) < 4.78 is 25.3. The molecule has 0 saturated heterocycles. The monoisotopic (exact) mass is 409 g/mol. The number of nitrogens with two attached hydrogens (primary N) is 1. The summed E-state index contributed by atoms with van der Waals surface area (Å²) in [5.41, 5.74) is 11.8. The molecule has 0 saturated carbocycles. The van der Waals surface area contributed by atoms with Gasteiger partial charge in [0.05, 0.1) is 22.7 Å². The zero-order valence-electron chi connectivity index (χ0n) is 15.9. The quantitative estimate of drug-likeness (QED) is 0.437. The molecule has 0 aliphatic carbocycles. The average Bonchev–Trinajstić information content (AvgIpc) is 2.69. The van der Waals surface area contributed by atoms with Gasteiger partial charge in [-0.15, -0.1) is 12.6 Å². The van der Waals surface area contributed by atoms with Gasteiger partial charge in [-0.2, -0.15) is 20.5 Å². The van der Waals surface area contributed by atoms with Crippen LogP contribution in [0.15, 0.2) is 87.2 Å². The lowest BCUT2D eigenvalue weighted by Crippen LogP contribution is -1.89. The van der Waals surface area contributed by atoms with Crippen molar-refractivity contribution in [3.8, 4) is 0 Å². The SMILES string of the molecule is Cc1cc(N=Nc2ccc(N=Nc3ccccc3)cc2)c(C)cc1N.O=S(=O)=O. The highest BCUT2D eigenvalue weighted by Crippen LogP contribution is 2.27. The van der Waals surface area contributed by atoms with E-state index in [0.717, 1.165) is 39.6 Å². The van der Waals surface area contributed by atoms with E-state index in [9.17, 15) is 0 Å². The number of nitrogens with zero attached hydrogens (tertiary/aromatic N) is 4. The first-order chi connectivity index (χ1) is 13.8. The highest BCUT2D eigenvalue weighted by atomic mass is 32.2. The van der Waals surface area contributed by atoms with Crippen molar-refractivity contribution in [2.75, 3.05) is 5.73 Å². The highest BCUT2D eigenvalue weighted by molar-refractivity contribution is 7.59. The molecule has 0 spiro atoms. The molecule has 3 aromatic carbocycles. The molecule has 9 heteroatoms. The van der Waals surface area contributed by atoms with E-state index >= 15 is 0 Å². The molecule has 148 valence electrons. The minimum absolute atomic E-state index is 0.757. The molecule has 8 nitrogen and oxygen atoms in total. The predicted molar refractivity (Wildman–Crippen MR) is 111 cm³/mol. The molecule has 0 aliphatic heterocycles. The minimum Gasteiger partial charge on any atom is -0.399 e. The van der Waals surface area contributed by atoms with Crippen LogP contribution in [-0.4, -0.2) is 12.6 Å². The Hall–Kier alpha value is -3.72. The van der Waals surface area contributed by atoms with Crippen molar-refractivity contribution in [1.29, 1.82) is 0 Å². The Morgan fingerprint density at radius 3 is 1.62 bits per heavy atom. The van der Waals surface area contributed by atoms with Gasteiger partial charge in [-0.3, -0.25) is 0 Å². The lowest BCUT2D eigenvalue weighted by atomic mass is 10.1. The molecule has 2 N–H and O–H groups in total. The Bertz CT molecular complexity index is 1120. The van der Waals surface area contributed by atoms with E-state index < -0.39 is 10.6 Å². The second kappa shape index (κ2) is 10.6. The smallest absolute Gasteiger partial charge is 0.399 e. The number of nitrogen functional groups attached to an aromatic ring is 1. The third-order valence-corrected chi connectivity index (χ3v) is 3.74. The molecule has 0 radical (unpaired) electrons. The molecule has 0 aliphatic rings. The van der Waals surface area contributed by atoms with Crippen LogP contribution in [0.4, 0.5) is 28.4 Å². The molecule has 0 aromatic heterocycles. The van der Waals surface area contributed by atoms with Gasteiger partial charge in [-0.1, -0.05) is 18.2 Å². The van der Waals surface area contributed by atoms with Gasteiger partial charge < -0.3 is 5.73 Å².